The predicted octanol–water partition coefficient (Wildman–Crippen LogP) is 3.51. The number of para-hydroxylation sites is 1. The van der Waals surface area contributed by atoms with Crippen LogP contribution in [0.15, 0.2) is 66.5 Å². The van der Waals surface area contributed by atoms with Crippen LogP contribution in [0.5, 0.6) is 5.75 Å². The van der Waals surface area contributed by atoms with Gasteiger partial charge in [-0.3, -0.25) is 0 Å². The molecule has 1 aliphatic heterocycles. The highest BCUT2D eigenvalue weighted by Crippen LogP contribution is 2.35. The molecular weight excluding hydrogens is 236 g/mol. The van der Waals surface area contributed by atoms with Crippen molar-refractivity contribution in [1.82, 2.24) is 0 Å². The highest BCUT2D eigenvalue weighted by molar-refractivity contribution is 5.86. The van der Waals surface area contributed by atoms with Gasteiger partial charge in [0.25, 0.3) is 0 Å². The normalized spacial score (nSPS) is 12.7. The Bertz CT molecular complexity index is 678. The Morgan fingerprint density at radius 1 is 1.21 bits per heavy atom. The fraction of sp³-hybridized carbons (Fsp3) is 0. The first-order valence-corrected chi connectivity index (χ1v) is 5.62. The van der Waals surface area contributed by atoms with E-state index >= 15 is 0 Å². The monoisotopic (exact) mass is 246 g/mol. The van der Waals surface area contributed by atoms with Gasteiger partial charge in [0.2, 0.25) is 0 Å². The summed E-state index contributed by atoms with van der Waals surface area (Å²) in [4.78, 5) is 0. The van der Waals surface area contributed by atoms with Gasteiger partial charge in [0.1, 0.15) is 29.2 Å². The first kappa shape index (κ1) is 12.4. The second-order valence-corrected chi connectivity index (χ2v) is 3.75. The lowest BCUT2D eigenvalue weighted by atomic mass is 9.97. The minimum absolute atomic E-state index is 0.0697. The second kappa shape index (κ2) is 5.53. The number of hydrogen-bond donors (Lipinski definition) is 0. The van der Waals surface area contributed by atoms with Crippen LogP contribution in [0.2, 0.25) is 0 Å². The van der Waals surface area contributed by atoms with Gasteiger partial charge in [-0.05, 0) is 18.2 Å². The number of benzene rings is 1. The molecule has 1 aliphatic rings. The highest BCUT2D eigenvalue weighted by Gasteiger charge is 2.18. The van der Waals surface area contributed by atoms with E-state index in [0.717, 1.165) is 5.56 Å². The Morgan fingerprint density at radius 2 is 1.95 bits per heavy atom. The number of rotatable bonds is 2. The van der Waals surface area contributed by atoms with Gasteiger partial charge in [0, 0.05) is 11.1 Å². The molecule has 90 valence electrons. The zero-order chi connectivity index (χ0) is 13.7. The van der Waals surface area contributed by atoms with Gasteiger partial charge in [-0.25, -0.2) is 0 Å². The lowest BCUT2D eigenvalue weighted by molar-refractivity contribution is 0.439. The molecule has 2 rings (SSSR count). The number of ether oxygens (including phenoxy) is 1. The van der Waals surface area contributed by atoms with E-state index in [1.807, 2.05) is 30.3 Å². The van der Waals surface area contributed by atoms with Gasteiger partial charge in [0.15, 0.2) is 0 Å². The summed E-state index contributed by atoms with van der Waals surface area (Å²) in [5, 5.41) is 18.1. The van der Waals surface area contributed by atoms with Gasteiger partial charge < -0.3 is 4.74 Å². The summed E-state index contributed by atoms with van der Waals surface area (Å²) < 4.78 is 5.68. The van der Waals surface area contributed by atoms with Crippen molar-refractivity contribution < 1.29 is 4.74 Å². The van der Waals surface area contributed by atoms with Crippen molar-refractivity contribution >= 4 is 5.57 Å². The average molecular weight is 246 g/mol. The molecule has 1 aromatic carbocycles. The molecule has 0 aromatic heterocycles. The van der Waals surface area contributed by atoms with E-state index in [1.165, 1.54) is 0 Å². The fourth-order valence-corrected chi connectivity index (χ4v) is 1.75. The van der Waals surface area contributed by atoms with Crippen LogP contribution in [0.25, 0.3) is 5.57 Å². The van der Waals surface area contributed by atoms with Crippen molar-refractivity contribution in [3.8, 4) is 17.9 Å². The summed E-state index contributed by atoms with van der Waals surface area (Å²) in [5.41, 5.74) is 1.40. The van der Waals surface area contributed by atoms with Gasteiger partial charge in [0.05, 0.1) is 0 Å². The summed E-state index contributed by atoms with van der Waals surface area (Å²) in [6, 6.07) is 11.1. The van der Waals surface area contributed by atoms with E-state index < -0.39 is 0 Å². The molecule has 1 aromatic rings. The number of allylic oxidation sites excluding steroid dienone is 6. The Kier molecular flexibility index (Phi) is 3.61. The molecule has 0 saturated heterocycles. The molecule has 3 heteroatoms. The molecule has 0 bridgehead atoms. The van der Waals surface area contributed by atoms with Gasteiger partial charge >= 0.3 is 0 Å². The Morgan fingerprint density at radius 3 is 2.63 bits per heavy atom. The number of fused-ring (bicyclic) bond motifs is 1. The lowest BCUT2D eigenvalue weighted by Crippen LogP contribution is -2.03. The molecule has 0 radical (unpaired) electrons. The van der Waals surface area contributed by atoms with Crippen LogP contribution >= 0.6 is 0 Å². The first-order valence-electron chi connectivity index (χ1n) is 5.62. The number of nitrogens with zero attached hydrogens (tertiary/aromatic N) is 2. The molecule has 0 aliphatic carbocycles. The van der Waals surface area contributed by atoms with Crippen LogP contribution < -0.4 is 4.74 Å². The molecule has 0 fully saturated rings. The van der Waals surface area contributed by atoms with E-state index in [2.05, 4.69) is 6.58 Å². The van der Waals surface area contributed by atoms with Crippen LogP contribution in [0.3, 0.4) is 0 Å². The standard InChI is InChI=1S/C16H10N2O/c1-2-3-6-13-9-15(12(10-17)11-18)14-7-4-5-8-16(14)19-13/h2-9H,1H2/b6-3+. The van der Waals surface area contributed by atoms with Crippen molar-refractivity contribution in [2.45, 2.75) is 0 Å². The Hall–Kier alpha value is -3.04. The molecule has 19 heavy (non-hydrogen) atoms. The molecule has 0 saturated carbocycles. The average Bonchev–Trinajstić information content (AvgIpc) is 2.46. The highest BCUT2D eigenvalue weighted by atomic mass is 16.5. The zero-order valence-electron chi connectivity index (χ0n) is 10.1. The number of hydrogen-bond acceptors (Lipinski definition) is 3. The third kappa shape index (κ3) is 2.46. The predicted molar refractivity (Wildman–Crippen MR) is 72.6 cm³/mol. The molecule has 0 spiro atoms. The third-order valence-corrected chi connectivity index (χ3v) is 2.58. The Labute approximate surface area is 111 Å². The quantitative estimate of drug-likeness (QED) is 0.592. The molecule has 0 atom stereocenters. The van der Waals surface area contributed by atoms with Crippen LogP contribution in [0, 0.1) is 22.7 Å². The first-order chi connectivity index (χ1) is 9.30. The van der Waals surface area contributed by atoms with Gasteiger partial charge in [-0.1, -0.05) is 36.9 Å². The van der Waals surface area contributed by atoms with Crippen molar-refractivity contribution in [2.75, 3.05) is 0 Å². The summed E-state index contributed by atoms with van der Waals surface area (Å²) in [5.74, 6) is 1.20. The maximum atomic E-state index is 9.03. The number of nitriles is 2. The summed E-state index contributed by atoms with van der Waals surface area (Å²) in [6.45, 7) is 3.59. The summed E-state index contributed by atoms with van der Waals surface area (Å²) in [6.07, 6.45) is 6.78. The maximum absolute atomic E-state index is 9.03. The zero-order valence-corrected chi connectivity index (χ0v) is 10.1. The van der Waals surface area contributed by atoms with Crippen molar-refractivity contribution in [3.63, 3.8) is 0 Å². The van der Waals surface area contributed by atoms with Crippen LogP contribution in [0.1, 0.15) is 5.56 Å². The van der Waals surface area contributed by atoms with E-state index in [0.29, 0.717) is 17.1 Å². The topological polar surface area (TPSA) is 56.8 Å². The maximum Gasteiger partial charge on any atom is 0.137 e. The van der Waals surface area contributed by atoms with Crippen LogP contribution in [-0.4, -0.2) is 0 Å². The van der Waals surface area contributed by atoms with Crippen molar-refractivity contribution in [1.29, 1.82) is 10.5 Å². The summed E-state index contributed by atoms with van der Waals surface area (Å²) in [7, 11) is 0. The fourth-order valence-electron chi connectivity index (χ4n) is 1.75. The lowest BCUT2D eigenvalue weighted by Gasteiger charge is -2.18. The molecule has 0 N–H and O–H groups in total. The van der Waals surface area contributed by atoms with Crippen LogP contribution in [-0.2, 0) is 0 Å². The van der Waals surface area contributed by atoms with Crippen molar-refractivity contribution in [3.05, 3.63) is 72.0 Å². The molecule has 1 heterocycles. The van der Waals surface area contributed by atoms with E-state index in [1.54, 1.807) is 30.4 Å². The molecule has 0 unspecified atom stereocenters. The molecule has 0 amide bonds. The largest absolute Gasteiger partial charge is 0.457 e. The van der Waals surface area contributed by atoms with Gasteiger partial charge in [-0.2, -0.15) is 10.5 Å². The van der Waals surface area contributed by atoms with E-state index in [4.69, 9.17) is 15.3 Å². The molecule has 3 nitrogen and oxygen atoms in total. The van der Waals surface area contributed by atoms with Crippen molar-refractivity contribution in [2.24, 2.45) is 0 Å². The third-order valence-electron chi connectivity index (χ3n) is 2.58. The minimum atomic E-state index is 0.0697. The van der Waals surface area contributed by atoms with E-state index in [-0.39, 0.29) is 5.57 Å². The summed E-state index contributed by atoms with van der Waals surface area (Å²) >= 11 is 0. The smallest absolute Gasteiger partial charge is 0.137 e. The van der Waals surface area contributed by atoms with Gasteiger partial charge in [-0.15, -0.1) is 0 Å². The minimum Gasteiger partial charge on any atom is -0.457 e. The van der Waals surface area contributed by atoms with Crippen LogP contribution in [0.4, 0.5) is 0 Å². The van der Waals surface area contributed by atoms with E-state index in [9.17, 15) is 0 Å². The second-order valence-electron chi connectivity index (χ2n) is 3.75. The Balaban J connectivity index is 2.64. The SMILES string of the molecule is C=C/C=C/C1=CC(=C(C#N)C#N)c2ccccc2O1. The molecular formula is C16H10N2O.